The van der Waals surface area contributed by atoms with Gasteiger partial charge in [0.1, 0.15) is 0 Å². The fraction of sp³-hybridized carbons (Fsp3) is 0.299. The van der Waals surface area contributed by atoms with Crippen LogP contribution in [-0.2, 0) is 21.7 Å². The summed E-state index contributed by atoms with van der Waals surface area (Å²) >= 11 is 0. The maximum absolute atomic E-state index is 9.56. The zero-order valence-corrected chi connectivity index (χ0v) is 41.4. The van der Waals surface area contributed by atoms with Crippen LogP contribution in [0, 0.1) is 37.0 Å². The minimum absolute atomic E-state index is 0.107. The average Bonchev–Trinajstić information content (AvgIpc) is 3.32. The molecule has 1 heteroatoms. The summed E-state index contributed by atoms with van der Waals surface area (Å²) in [6, 6.07) is 64.8. The summed E-state index contributed by atoms with van der Waals surface area (Å²) < 4.78 is 0. The minimum atomic E-state index is 0.107. The molecular weight excluding hydrogens is 819 g/mol. The molecule has 4 aliphatic carbocycles. The van der Waals surface area contributed by atoms with Crippen molar-refractivity contribution in [1.82, 2.24) is 0 Å². The third-order valence-electron chi connectivity index (χ3n) is 16.6. The van der Waals surface area contributed by atoms with Gasteiger partial charge in [0.15, 0.2) is 0 Å². The van der Waals surface area contributed by atoms with Crippen molar-refractivity contribution in [3.8, 4) is 61.7 Å². The van der Waals surface area contributed by atoms with E-state index in [2.05, 4.69) is 207 Å². The van der Waals surface area contributed by atoms with Crippen LogP contribution in [-0.4, -0.2) is 0 Å². The Hall–Kier alpha value is -6.49. The van der Waals surface area contributed by atoms with E-state index >= 15 is 0 Å². The van der Waals surface area contributed by atoms with Gasteiger partial charge in [0.05, 0.1) is 11.6 Å². The van der Waals surface area contributed by atoms with Crippen molar-refractivity contribution in [2.75, 3.05) is 0 Å². The summed E-state index contributed by atoms with van der Waals surface area (Å²) in [5.41, 5.74) is 22.3. The molecule has 0 heterocycles. The van der Waals surface area contributed by atoms with E-state index in [1.807, 2.05) is 18.2 Å². The maximum Gasteiger partial charge on any atom is 0.0991 e. The normalized spacial score (nSPS) is 21.0. The second-order valence-corrected chi connectivity index (χ2v) is 23.5. The molecule has 8 aromatic carbocycles. The van der Waals surface area contributed by atoms with Crippen LogP contribution in [0.5, 0.6) is 0 Å². The molecular formula is C67H65N. The van der Waals surface area contributed by atoms with Gasteiger partial charge in [0.2, 0.25) is 0 Å². The van der Waals surface area contributed by atoms with E-state index in [1.165, 1.54) is 127 Å². The first-order valence-corrected chi connectivity index (χ1v) is 25.2. The van der Waals surface area contributed by atoms with Gasteiger partial charge >= 0.3 is 0 Å². The molecule has 0 N–H and O–H groups in total. The highest BCUT2D eigenvalue weighted by molar-refractivity contribution is 5.92. The second-order valence-electron chi connectivity index (χ2n) is 23.5. The molecule has 4 aliphatic rings. The monoisotopic (exact) mass is 884 g/mol. The number of hydrogen-bond acceptors (Lipinski definition) is 1. The van der Waals surface area contributed by atoms with Gasteiger partial charge in [0, 0.05) is 0 Å². The van der Waals surface area contributed by atoms with Gasteiger partial charge in [0.25, 0.3) is 0 Å². The molecule has 0 amide bonds. The summed E-state index contributed by atoms with van der Waals surface area (Å²) in [6.45, 7) is 18.3. The lowest BCUT2D eigenvalue weighted by atomic mass is 9.41. The molecule has 4 bridgehead atoms. The quantitative estimate of drug-likeness (QED) is 0.156. The summed E-state index contributed by atoms with van der Waals surface area (Å²) in [6.07, 6.45) is 7.89. The molecule has 338 valence electrons. The van der Waals surface area contributed by atoms with Crippen molar-refractivity contribution in [1.29, 1.82) is 5.26 Å². The molecule has 0 spiro atoms. The third kappa shape index (κ3) is 8.01. The fourth-order valence-electron chi connectivity index (χ4n) is 13.4. The SMILES string of the molecule is Cc1cc(C23CC4CC(C2)CC(c2ccc(-c5ccc6cc(-c7cc(-c8ccc(C(C)(C)C)cc8)cc(-c8ccc(C(C)(C)C)cc8)c7)ccc6c5)c(C)c2)(C4)C3)ccc1-c1cccc(C#N)c1. The Morgan fingerprint density at radius 1 is 0.426 bits per heavy atom. The predicted molar refractivity (Wildman–Crippen MR) is 287 cm³/mol. The van der Waals surface area contributed by atoms with Crippen LogP contribution in [0.3, 0.4) is 0 Å². The molecule has 0 aliphatic heterocycles. The van der Waals surface area contributed by atoms with Crippen LogP contribution in [0.2, 0.25) is 0 Å². The Labute approximate surface area is 405 Å². The lowest BCUT2D eigenvalue weighted by Crippen LogP contribution is -2.56. The molecule has 68 heavy (non-hydrogen) atoms. The fourth-order valence-corrected chi connectivity index (χ4v) is 13.4. The summed E-state index contributed by atoms with van der Waals surface area (Å²) in [7, 11) is 0. The first kappa shape index (κ1) is 44.0. The van der Waals surface area contributed by atoms with Crippen molar-refractivity contribution in [3.63, 3.8) is 0 Å². The molecule has 0 radical (unpaired) electrons. The summed E-state index contributed by atoms with van der Waals surface area (Å²) in [4.78, 5) is 0. The van der Waals surface area contributed by atoms with Crippen molar-refractivity contribution in [2.45, 2.75) is 116 Å². The topological polar surface area (TPSA) is 23.8 Å². The number of aryl methyl sites for hydroxylation is 2. The van der Waals surface area contributed by atoms with Gasteiger partial charge < -0.3 is 0 Å². The van der Waals surface area contributed by atoms with Gasteiger partial charge in [-0.15, -0.1) is 0 Å². The van der Waals surface area contributed by atoms with Crippen molar-refractivity contribution in [2.24, 2.45) is 11.8 Å². The lowest BCUT2D eigenvalue weighted by Gasteiger charge is -2.63. The number of fused-ring (bicyclic) bond motifs is 1. The predicted octanol–water partition coefficient (Wildman–Crippen LogP) is 18.0. The number of nitriles is 1. The van der Waals surface area contributed by atoms with Crippen LogP contribution in [0.4, 0.5) is 0 Å². The van der Waals surface area contributed by atoms with Crippen LogP contribution in [0.25, 0.3) is 66.4 Å². The Kier molecular flexibility index (Phi) is 10.6. The zero-order chi connectivity index (χ0) is 47.2. The van der Waals surface area contributed by atoms with Gasteiger partial charge in [-0.25, -0.2) is 0 Å². The molecule has 0 aromatic heterocycles. The molecule has 4 fully saturated rings. The highest BCUT2D eigenvalue weighted by atomic mass is 14.6. The first-order chi connectivity index (χ1) is 32.5. The minimum Gasteiger partial charge on any atom is -0.192 e. The van der Waals surface area contributed by atoms with Crippen molar-refractivity contribution in [3.05, 3.63) is 203 Å². The Morgan fingerprint density at radius 3 is 1.31 bits per heavy atom. The molecule has 4 saturated carbocycles. The number of nitrogens with zero attached hydrogens (tertiary/aromatic N) is 1. The van der Waals surface area contributed by atoms with E-state index in [1.54, 1.807) is 5.56 Å². The zero-order valence-electron chi connectivity index (χ0n) is 41.4. The van der Waals surface area contributed by atoms with Crippen LogP contribution in [0.1, 0.15) is 119 Å². The van der Waals surface area contributed by atoms with Crippen LogP contribution >= 0.6 is 0 Å². The molecule has 0 saturated heterocycles. The van der Waals surface area contributed by atoms with Gasteiger partial charge in [-0.2, -0.15) is 5.26 Å². The largest absolute Gasteiger partial charge is 0.192 e. The Balaban J connectivity index is 0.888. The van der Waals surface area contributed by atoms with E-state index in [-0.39, 0.29) is 21.7 Å². The van der Waals surface area contributed by atoms with E-state index in [9.17, 15) is 5.26 Å². The molecule has 12 rings (SSSR count). The lowest BCUT2D eigenvalue weighted by molar-refractivity contribution is -0.0281. The number of hydrogen-bond donors (Lipinski definition) is 0. The van der Waals surface area contributed by atoms with Crippen LogP contribution in [0.15, 0.2) is 164 Å². The maximum atomic E-state index is 9.56. The summed E-state index contributed by atoms with van der Waals surface area (Å²) in [5.74, 6) is 1.56. The van der Waals surface area contributed by atoms with E-state index in [0.29, 0.717) is 5.56 Å². The average molecular weight is 884 g/mol. The number of benzene rings is 8. The standard InChI is InChI=1S/C67H65N/c1-43-28-60(24-26-62(43)53-11-9-10-45(31-53)41-68)66-37-46-30-47(38-66)40-67(39-46,42-66)61-25-27-63(44(2)29-61)54-15-14-50-32-52(13-12-51(50)33-54)57-35-55(48-16-20-58(21-17-48)64(3,4)5)34-56(36-57)49-18-22-59(23-19-49)65(6,7)8/h9-29,31-36,46-47H,30,37-40,42H2,1-8H3. The smallest absolute Gasteiger partial charge is 0.0991 e. The second kappa shape index (κ2) is 16.3. The van der Waals surface area contributed by atoms with Crippen molar-refractivity contribution < 1.29 is 0 Å². The van der Waals surface area contributed by atoms with Gasteiger partial charge in [-0.05, 0) is 228 Å². The Morgan fingerprint density at radius 2 is 0.853 bits per heavy atom. The summed E-state index contributed by atoms with van der Waals surface area (Å²) in [5, 5.41) is 12.1. The Bertz CT molecular complexity index is 3200. The van der Waals surface area contributed by atoms with Crippen LogP contribution < -0.4 is 0 Å². The van der Waals surface area contributed by atoms with E-state index < -0.39 is 0 Å². The first-order valence-electron chi connectivity index (χ1n) is 25.2. The molecule has 2 atom stereocenters. The molecule has 2 unspecified atom stereocenters. The van der Waals surface area contributed by atoms with Crippen molar-refractivity contribution >= 4 is 10.8 Å². The molecule has 8 aromatic rings. The van der Waals surface area contributed by atoms with E-state index in [0.717, 1.165) is 17.4 Å². The van der Waals surface area contributed by atoms with Gasteiger partial charge in [-0.3, -0.25) is 0 Å². The highest BCUT2D eigenvalue weighted by Crippen LogP contribution is 2.66. The number of rotatable bonds is 7. The van der Waals surface area contributed by atoms with Gasteiger partial charge in [-0.1, -0.05) is 163 Å². The third-order valence-corrected chi connectivity index (χ3v) is 16.6. The molecule has 1 nitrogen and oxygen atoms in total. The highest BCUT2D eigenvalue weighted by Gasteiger charge is 2.58. The van der Waals surface area contributed by atoms with E-state index in [4.69, 9.17) is 0 Å².